The van der Waals surface area contributed by atoms with Gasteiger partial charge in [0.1, 0.15) is 5.60 Å². The summed E-state index contributed by atoms with van der Waals surface area (Å²) < 4.78 is 10.3. The van der Waals surface area contributed by atoms with E-state index in [4.69, 9.17) is 9.47 Å². The number of carbonyl (C=O) groups excluding carboxylic acids is 2. The maximum Gasteiger partial charge on any atom is 0.407 e. The van der Waals surface area contributed by atoms with Crippen molar-refractivity contribution < 1.29 is 19.1 Å². The van der Waals surface area contributed by atoms with Gasteiger partial charge in [0.05, 0.1) is 16.6 Å². The third-order valence-corrected chi connectivity index (χ3v) is 5.08. The molecule has 1 rings (SSSR count). The van der Waals surface area contributed by atoms with Gasteiger partial charge in [-0.1, -0.05) is 47.9 Å². The summed E-state index contributed by atoms with van der Waals surface area (Å²) in [7, 11) is 0. The molecule has 1 amide bonds. The zero-order valence-corrected chi connectivity index (χ0v) is 17.3. The predicted octanol–water partition coefficient (Wildman–Crippen LogP) is 4.38. The van der Waals surface area contributed by atoms with Crippen LogP contribution in [0.25, 0.3) is 0 Å². The topological polar surface area (TPSA) is 64.6 Å². The van der Waals surface area contributed by atoms with Gasteiger partial charge in [-0.05, 0) is 46.5 Å². The van der Waals surface area contributed by atoms with Crippen LogP contribution in [0.1, 0.15) is 59.8 Å². The molecule has 0 aromatic carbocycles. The van der Waals surface area contributed by atoms with E-state index in [2.05, 4.69) is 27.9 Å². The second kappa shape index (κ2) is 10.3. The van der Waals surface area contributed by atoms with Crippen LogP contribution in [0.2, 0.25) is 0 Å². The van der Waals surface area contributed by atoms with E-state index in [9.17, 15) is 9.59 Å². The molecule has 0 saturated heterocycles. The Hall–Kier alpha value is -0.790. The standard InChI is InChI=1S/C18H30INO4/c1-5-23-15(21)12-11-14(19)16(13-9-7-6-8-10-13)20-17(22)24-18(2,3)4/h11-14,16H,5-10H2,1-4H3,(H,20,22)/b12-11+/t14-,16+/m0/s1. The fraction of sp³-hybridized carbons (Fsp3) is 0.778. The SMILES string of the molecule is CCOC(=O)/C=C/[C@H](I)[C@H](NC(=O)OC(C)(C)C)C1CCCCC1. The van der Waals surface area contributed by atoms with Crippen LogP contribution >= 0.6 is 22.6 Å². The summed E-state index contributed by atoms with van der Waals surface area (Å²) in [6.45, 7) is 7.69. The van der Waals surface area contributed by atoms with Crippen LogP contribution in [0.3, 0.4) is 0 Å². The molecular weight excluding hydrogens is 421 g/mol. The van der Waals surface area contributed by atoms with Crippen molar-refractivity contribution >= 4 is 34.7 Å². The number of esters is 1. The van der Waals surface area contributed by atoms with Gasteiger partial charge in [0.25, 0.3) is 0 Å². The minimum atomic E-state index is -0.525. The number of hydrogen-bond acceptors (Lipinski definition) is 4. The van der Waals surface area contributed by atoms with E-state index in [0.717, 1.165) is 12.8 Å². The van der Waals surface area contributed by atoms with E-state index in [0.29, 0.717) is 12.5 Å². The quantitative estimate of drug-likeness (QED) is 0.282. The van der Waals surface area contributed by atoms with Crippen LogP contribution in [0.15, 0.2) is 12.2 Å². The highest BCUT2D eigenvalue weighted by Crippen LogP contribution is 2.30. The summed E-state index contributed by atoms with van der Waals surface area (Å²) in [6.07, 6.45) is 8.66. The van der Waals surface area contributed by atoms with Crippen LogP contribution in [0.5, 0.6) is 0 Å². The highest BCUT2D eigenvalue weighted by Gasteiger charge is 2.31. The molecule has 0 spiro atoms. The third-order valence-electron chi connectivity index (χ3n) is 3.89. The van der Waals surface area contributed by atoms with Gasteiger partial charge in [0.2, 0.25) is 0 Å². The second-order valence-corrected chi connectivity index (χ2v) is 8.56. The molecular formula is C18H30INO4. The van der Waals surface area contributed by atoms with Crippen molar-refractivity contribution in [1.29, 1.82) is 0 Å². The molecule has 138 valence electrons. The first kappa shape index (κ1) is 21.3. The molecule has 5 nitrogen and oxygen atoms in total. The molecule has 24 heavy (non-hydrogen) atoms. The molecule has 1 fully saturated rings. The van der Waals surface area contributed by atoms with Crippen molar-refractivity contribution in [2.75, 3.05) is 6.61 Å². The van der Waals surface area contributed by atoms with E-state index in [1.165, 1.54) is 25.3 Å². The van der Waals surface area contributed by atoms with Gasteiger partial charge >= 0.3 is 12.1 Å². The number of nitrogens with one attached hydrogen (secondary N) is 1. The summed E-state index contributed by atoms with van der Waals surface area (Å²) >= 11 is 2.27. The number of hydrogen-bond donors (Lipinski definition) is 1. The zero-order valence-electron chi connectivity index (χ0n) is 15.1. The lowest BCUT2D eigenvalue weighted by atomic mass is 9.82. The first-order chi connectivity index (χ1) is 11.2. The van der Waals surface area contributed by atoms with Crippen molar-refractivity contribution in [3.8, 4) is 0 Å². The van der Waals surface area contributed by atoms with Gasteiger partial charge in [0.15, 0.2) is 0 Å². The third kappa shape index (κ3) is 8.35. The van der Waals surface area contributed by atoms with Gasteiger partial charge in [-0.25, -0.2) is 9.59 Å². The lowest BCUT2D eigenvalue weighted by Crippen LogP contribution is -2.47. The Morgan fingerprint density at radius 3 is 2.42 bits per heavy atom. The smallest absolute Gasteiger partial charge is 0.407 e. The summed E-state index contributed by atoms with van der Waals surface area (Å²) in [6, 6.07) is -0.0496. The molecule has 1 aliphatic carbocycles. The lowest BCUT2D eigenvalue weighted by Gasteiger charge is -2.33. The molecule has 6 heteroatoms. The number of alkyl halides is 1. The monoisotopic (exact) mass is 451 g/mol. The minimum Gasteiger partial charge on any atom is -0.463 e. The maximum atomic E-state index is 12.2. The summed E-state index contributed by atoms with van der Waals surface area (Å²) in [5, 5.41) is 3.03. The summed E-state index contributed by atoms with van der Waals surface area (Å²) in [5.74, 6) is 0.0545. The Morgan fingerprint density at radius 1 is 1.25 bits per heavy atom. The van der Waals surface area contributed by atoms with Crippen LogP contribution in [0.4, 0.5) is 4.79 Å². The lowest BCUT2D eigenvalue weighted by molar-refractivity contribution is -0.137. The number of alkyl carbamates (subject to hydrolysis) is 1. The van der Waals surface area contributed by atoms with Gasteiger partial charge in [-0.2, -0.15) is 0 Å². The van der Waals surface area contributed by atoms with E-state index in [1.807, 2.05) is 26.8 Å². The second-order valence-electron chi connectivity index (χ2n) is 7.13. The normalized spacial score (nSPS) is 18.9. The van der Waals surface area contributed by atoms with Crippen LogP contribution in [-0.4, -0.2) is 34.2 Å². The molecule has 0 unspecified atom stereocenters. The first-order valence-electron chi connectivity index (χ1n) is 8.71. The average Bonchev–Trinajstić information content (AvgIpc) is 2.50. The Bertz CT molecular complexity index is 439. The van der Waals surface area contributed by atoms with Crippen molar-refractivity contribution in [2.45, 2.75) is 75.4 Å². The molecule has 2 atom stereocenters. The van der Waals surface area contributed by atoms with Gasteiger partial charge in [0, 0.05) is 6.08 Å². The molecule has 0 bridgehead atoms. The average molecular weight is 451 g/mol. The van der Waals surface area contributed by atoms with Crippen LogP contribution in [-0.2, 0) is 14.3 Å². The molecule has 0 radical (unpaired) electrons. The molecule has 0 aromatic rings. The molecule has 1 aliphatic rings. The van der Waals surface area contributed by atoms with E-state index >= 15 is 0 Å². The van der Waals surface area contributed by atoms with Crippen molar-refractivity contribution in [3.63, 3.8) is 0 Å². The Labute approximate surface area is 159 Å². The Balaban J connectivity index is 2.76. The number of amides is 1. The van der Waals surface area contributed by atoms with Crippen molar-refractivity contribution in [1.82, 2.24) is 5.32 Å². The highest BCUT2D eigenvalue weighted by atomic mass is 127. The molecule has 0 heterocycles. The van der Waals surface area contributed by atoms with Gasteiger partial charge in [-0.15, -0.1) is 0 Å². The molecule has 0 aromatic heterocycles. The van der Waals surface area contributed by atoms with Crippen molar-refractivity contribution in [3.05, 3.63) is 12.2 Å². The number of rotatable bonds is 6. The van der Waals surface area contributed by atoms with Crippen LogP contribution in [0, 0.1) is 5.92 Å². The molecule has 0 aliphatic heterocycles. The summed E-state index contributed by atoms with van der Waals surface area (Å²) in [4.78, 5) is 23.7. The minimum absolute atomic E-state index is 0.00243. The predicted molar refractivity (Wildman–Crippen MR) is 103 cm³/mol. The van der Waals surface area contributed by atoms with Gasteiger partial charge in [-0.3, -0.25) is 0 Å². The molecule has 1 saturated carbocycles. The number of halogens is 1. The van der Waals surface area contributed by atoms with E-state index < -0.39 is 11.7 Å². The first-order valence-corrected chi connectivity index (χ1v) is 9.96. The zero-order chi connectivity index (χ0) is 18.2. The highest BCUT2D eigenvalue weighted by molar-refractivity contribution is 14.1. The number of ether oxygens (including phenoxy) is 2. The maximum absolute atomic E-state index is 12.2. The molecule has 1 N–H and O–H groups in total. The van der Waals surface area contributed by atoms with E-state index in [-0.39, 0.29) is 15.9 Å². The fourth-order valence-electron chi connectivity index (χ4n) is 2.87. The van der Waals surface area contributed by atoms with Crippen molar-refractivity contribution in [2.24, 2.45) is 5.92 Å². The fourth-order valence-corrected chi connectivity index (χ4v) is 3.85. The largest absolute Gasteiger partial charge is 0.463 e. The van der Waals surface area contributed by atoms with Gasteiger partial charge < -0.3 is 14.8 Å². The Kier molecular flexibility index (Phi) is 9.08. The van der Waals surface area contributed by atoms with Crippen LogP contribution < -0.4 is 5.32 Å². The van der Waals surface area contributed by atoms with E-state index in [1.54, 1.807) is 6.92 Å². The summed E-state index contributed by atoms with van der Waals surface area (Å²) in [5.41, 5.74) is -0.525. The Morgan fingerprint density at radius 2 is 1.88 bits per heavy atom. The number of carbonyl (C=O) groups is 2.